The summed E-state index contributed by atoms with van der Waals surface area (Å²) in [7, 11) is 0. The van der Waals surface area contributed by atoms with Gasteiger partial charge < -0.3 is 9.71 Å². The molecule has 0 unspecified atom stereocenters. The zero-order chi connectivity index (χ0) is 15.8. The van der Waals surface area contributed by atoms with E-state index in [-0.39, 0.29) is 0 Å². The van der Waals surface area contributed by atoms with Gasteiger partial charge in [-0.1, -0.05) is 29.3 Å². The number of nitrogens with zero attached hydrogens (tertiary/aromatic N) is 1. The molecule has 23 heavy (non-hydrogen) atoms. The topological polar surface area (TPSA) is 31.1 Å². The van der Waals surface area contributed by atoms with E-state index in [1.54, 1.807) is 12.1 Å². The van der Waals surface area contributed by atoms with Gasteiger partial charge in [-0.15, -0.1) is 0 Å². The highest BCUT2D eigenvalue weighted by atomic mass is 35.5. The number of aromatic amines is 1. The minimum Gasteiger partial charge on any atom is -0.357 e. The van der Waals surface area contributed by atoms with Crippen LogP contribution in [-0.4, -0.2) is 15.8 Å². The number of fused-ring (bicyclic) bond motifs is 3. The molecule has 1 aliphatic rings. The molecule has 1 aliphatic heterocycles. The molecule has 118 valence electrons. The Hall–Kier alpha value is -1.33. The highest BCUT2D eigenvalue weighted by molar-refractivity contribution is 7.98. The smallest absolute Gasteiger partial charge is 0.0511 e. The summed E-state index contributed by atoms with van der Waals surface area (Å²) in [6.07, 6.45) is 1.01. The van der Waals surface area contributed by atoms with Crippen molar-refractivity contribution >= 4 is 51.9 Å². The van der Waals surface area contributed by atoms with E-state index in [9.17, 15) is 0 Å². The quantitative estimate of drug-likeness (QED) is 0.601. The van der Waals surface area contributed by atoms with Gasteiger partial charge in [-0.25, -0.2) is 4.31 Å². The number of H-pyrrole nitrogens is 1. The number of rotatable bonds is 3. The fourth-order valence-corrected chi connectivity index (χ4v) is 4.04. The molecule has 0 atom stereocenters. The average molecular weight is 364 g/mol. The number of aromatic nitrogens is 1. The zero-order valence-corrected chi connectivity index (χ0v) is 14.6. The summed E-state index contributed by atoms with van der Waals surface area (Å²) < 4.78 is 5.66. The molecule has 2 N–H and O–H groups in total. The van der Waals surface area contributed by atoms with Crippen LogP contribution in [0.25, 0.3) is 10.9 Å². The van der Waals surface area contributed by atoms with Gasteiger partial charge in [0.1, 0.15) is 0 Å². The van der Waals surface area contributed by atoms with E-state index >= 15 is 0 Å². The van der Waals surface area contributed by atoms with Crippen LogP contribution in [0.15, 0.2) is 42.5 Å². The van der Waals surface area contributed by atoms with Crippen LogP contribution in [0.5, 0.6) is 0 Å². The van der Waals surface area contributed by atoms with E-state index in [4.69, 9.17) is 23.2 Å². The Morgan fingerprint density at radius 2 is 1.96 bits per heavy atom. The summed E-state index contributed by atoms with van der Waals surface area (Å²) in [4.78, 5) is 3.52. The molecule has 0 spiro atoms. The van der Waals surface area contributed by atoms with Crippen LogP contribution in [0.1, 0.15) is 11.3 Å². The standard InChI is InChI=1S/C17H15Cl2N3S/c18-11-2-1-3-13(8-11)21-23-22-7-6-14-15-9-12(19)4-5-16(15)20-17(14)10-22/h1-5,8-9,20-21H,6-7,10H2. The van der Waals surface area contributed by atoms with Crippen LogP contribution in [-0.2, 0) is 13.0 Å². The first kappa shape index (κ1) is 15.2. The summed E-state index contributed by atoms with van der Waals surface area (Å²) in [5.74, 6) is 0. The monoisotopic (exact) mass is 363 g/mol. The molecular weight excluding hydrogens is 349 g/mol. The van der Waals surface area contributed by atoms with Gasteiger partial charge in [0.15, 0.2) is 0 Å². The molecule has 2 aromatic carbocycles. The third-order valence-electron chi connectivity index (χ3n) is 4.02. The van der Waals surface area contributed by atoms with Gasteiger partial charge in [0.25, 0.3) is 0 Å². The lowest BCUT2D eigenvalue weighted by Crippen LogP contribution is -2.25. The Labute approximate surface area is 149 Å². The van der Waals surface area contributed by atoms with Gasteiger partial charge in [0.2, 0.25) is 0 Å². The molecule has 0 saturated carbocycles. The van der Waals surface area contributed by atoms with Gasteiger partial charge in [-0.2, -0.15) is 0 Å². The lowest BCUT2D eigenvalue weighted by Gasteiger charge is -2.25. The van der Waals surface area contributed by atoms with Crippen LogP contribution >= 0.6 is 35.3 Å². The second-order valence-electron chi connectivity index (χ2n) is 5.59. The predicted octanol–water partition coefficient (Wildman–Crippen LogP) is 5.51. The van der Waals surface area contributed by atoms with Crippen molar-refractivity contribution in [3.05, 3.63) is 63.8 Å². The van der Waals surface area contributed by atoms with Crippen LogP contribution in [0.2, 0.25) is 10.0 Å². The maximum absolute atomic E-state index is 6.13. The van der Waals surface area contributed by atoms with Gasteiger partial charge in [0.05, 0.1) is 6.54 Å². The fraction of sp³-hybridized carbons (Fsp3) is 0.176. The lowest BCUT2D eigenvalue weighted by molar-refractivity contribution is 0.441. The summed E-state index contributed by atoms with van der Waals surface area (Å²) in [5.41, 5.74) is 4.83. The number of hydrogen-bond acceptors (Lipinski definition) is 3. The summed E-state index contributed by atoms with van der Waals surface area (Å²) in [5, 5.41) is 2.78. The Morgan fingerprint density at radius 1 is 1.09 bits per heavy atom. The summed E-state index contributed by atoms with van der Waals surface area (Å²) in [6, 6.07) is 13.8. The minimum absolute atomic E-state index is 0.740. The largest absolute Gasteiger partial charge is 0.357 e. The number of benzene rings is 2. The lowest BCUT2D eigenvalue weighted by atomic mass is 10.0. The maximum atomic E-state index is 6.13. The van der Waals surface area contributed by atoms with Gasteiger partial charge in [-0.05, 0) is 48.4 Å². The molecular formula is C17H15Cl2N3S. The highest BCUT2D eigenvalue weighted by Crippen LogP contribution is 2.32. The minimum atomic E-state index is 0.740. The molecule has 0 fully saturated rings. The molecule has 0 bridgehead atoms. The third kappa shape index (κ3) is 3.17. The normalized spacial score (nSPS) is 14.9. The molecule has 0 radical (unpaired) electrons. The molecule has 1 aromatic heterocycles. The van der Waals surface area contributed by atoms with Crippen molar-refractivity contribution in [2.75, 3.05) is 11.3 Å². The molecule has 0 saturated heterocycles. The Morgan fingerprint density at radius 3 is 2.83 bits per heavy atom. The Balaban J connectivity index is 1.49. The first-order valence-corrected chi connectivity index (χ1v) is 8.94. The SMILES string of the molecule is Clc1cccc(NSN2CCc3c([nH]c4ccc(Cl)cc34)C2)c1. The summed E-state index contributed by atoms with van der Waals surface area (Å²) in [6.45, 7) is 1.87. The van der Waals surface area contributed by atoms with Crippen LogP contribution in [0.3, 0.4) is 0 Å². The average Bonchev–Trinajstić information content (AvgIpc) is 2.90. The highest BCUT2D eigenvalue weighted by Gasteiger charge is 2.21. The second kappa shape index (κ2) is 6.29. The molecule has 0 amide bonds. The third-order valence-corrected chi connectivity index (χ3v) is 5.39. The van der Waals surface area contributed by atoms with Gasteiger partial charge in [0, 0.05) is 51.0 Å². The van der Waals surface area contributed by atoms with Crippen LogP contribution < -0.4 is 4.72 Å². The van der Waals surface area contributed by atoms with Crippen molar-refractivity contribution in [2.45, 2.75) is 13.0 Å². The second-order valence-corrected chi connectivity index (χ2v) is 7.37. The first-order chi connectivity index (χ1) is 11.2. The molecule has 3 nitrogen and oxygen atoms in total. The Kier molecular flexibility index (Phi) is 4.16. The maximum Gasteiger partial charge on any atom is 0.0511 e. The Bertz CT molecular complexity index is 862. The van der Waals surface area contributed by atoms with E-state index in [2.05, 4.69) is 26.1 Å². The fourth-order valence-electron chi connectivity index (χ4n) is 2.94. The van der Waals surface area contributed by atoms with E-state index < -0.39 is 0 Å². The molecule has 0 aliphatic carbocycles. The molecule has 4 rings (SSSR count). The number of anilines is 1. The van der Waals surface area contributed by atoms with Crippen LogP contribution in [0, 0.1) is 0 Å². The van der Waals surface area contributed by atoms with E-state index in [0.29, 0.717) is 0 Å². The van der Waals surface area contributed by atoms with E-state index in [0.717, 1.165) is 40.8 Å². The van der Waals surface area contributed by atoms with Crippen molar-refractivity contribution in [1.29, 1.82) is 0 Å². The predicted molar refractivity (Wildman–Crippen MR) is 100 cm³/mol. The molecule has 6 heteroatoms. The number of halogens is 2. The van der Waals surface area contributed by atoms with Crippen molar-refractivity contribution < 1.29 is 0 Å². The van der Waals surface area contributed by atoms with E-state index in [1.165, 1.54) is 16.6 Å². The van der Waals surface area contributed by atoms with Crippen molar-refractivity contribution in [2.24, 2.45) is 0 Å². The van der Waals surface area contributed by atoms with E-state index in [1.807, 2.05) is 30.3 Å². The zero-order valence-electron chi connectivity index (χ0n) is 12.3. The van der Waals surface area contributed by atoms with Crippen molar-refractivity contribution in [3.63, 3.8) is 0 Å². The molecule has 2 heterocycles. The van der Waals surface area contributed by atoms with Crippen LogP contribution in [0.4, 0.5) is 5.69 Å². The summed E-state index contributed by atoms with van der Waals surface area (Å²) >= 11 is 13.8. The first-order valence-electron chi connectivity index (χ1n) is 7.41. The number of hydrogen-bond donors (Lipinski definition) is 2. The number of nitrogens with one attached hydrogen (secondary N) is 2. The van der Waals surface area contributed by atoms with Gasteiger partial charge >= 0.3 is 0 Å². The van der Waals surface area contributed by atoms with Gasteiger partial charge in [-0.3, -0.25) is 0 Å². The molecule has 3 aromatic rings. The van der Waals surface area contributed by atoms with Crippen molar-refractivity contribution in [3.8, 4) is 0 Å². The van der Waals surface area contributed by atoms with Crippen molar-refractivity contribution in [1.82, 2.24) is 9.29 Å².